The Bertz CT molecular complexity index is 538. The highest BCUT2D eigenvalue weighted by atomic mass is 32.2. The number of thioether (sulfide) groups is 1. The van der Waals surface area contributed by atoms with Crippen molar-refractivity contribution in [2.24, 2.45) is 16.8 Å². The van der Waals surface area contributed by atoms with E-state index in [-0.39, 0.29) is 5.84 Å². The second-order valence-corrected chi connectivity index (χ2v) is 7.20. The van der Waals surface area contributed by atoms with Gasteiger partial charge < -0.3 is 15.8 Å². The van der Waals surface area contributed by atoms with Gasteiger partial charge >= 0.3 is 0 Å². The fourth-order valence-corrected chi connectivity index (χ4v) is 3.59. The Labute approximate surface area is 130 Å². The van der Waals surface area contributed by atoms with Crippen LogP contribution in [0, 0.1) is 5.92 Å². The Morgan fingerprint density at radius 3 is 2.71 bits per heavy atom. The molecule has 0 aromatic heterocycles. The van der Waals surface area contributed by atoms with Crippen LogP contribution in [0.15, 0.2) is 28.3 Å². The number of anilines is 1. The third-order valence-corrected chi connectivity index (χ3v) is 5.06. The lowest BCUT2D eigenvalue weighted by Crippen LogP contribution is -2.31. The summed E-state index contributed by atoms with van der Waals surface area (Å²) in [4.78, 5) is 3.59. The smallest absolute Gasteiger partial charge is 0.173 e. The van der Waals surface area contributed by atoms with Crippen molar-refractivity contribution < 1.29 is 5.21 Å². The highest BCUT2D eigenvalue weighted by Crippen LogP contribution is 2.40. The van der Waals surface area contributed by atoms with Crippen molar-refractivity contribution in [3.63, 3.8) is 0 Å². The molecule has 0 aliphatic heterocycles. The number of nitrogens with two attached hydrogens (primary N) is 1. The first-order valence-corrected chi connectivity index (χ1v) is 8.73. The molecular formula is C16H23N3OS. The SMILES string of the molecule is CCSc1cccc(N(CC2CC2)C2CC2)c1/C(N)=N/O. The fourth-order valence-electron chi connectivity index (χ4n) is 2.75. The number of nitrogens with zero attached hydrogens (tertiary/aromatic N) is 2. The van der Waals surface area contributed by atoms with Crippen LogP contribution in [0.2, 0.25) is 0 Å². The highest BCUT2D eigenvalue weighted by molar-refractivity contribution is 7.99. The number of rotatable bonds is 7. The molecular weight excluding hydrogens is 282 g/mol. The van der Waals surface area contributed by atoms with Crippen molar-refractivity contribution >= 4 is 23.3 Å². The average molecular weight is 305 g/mol. The van der Waals surface area contributed by atoms with Crippen LogP contribution >= 0.6 is 11.8 Å². The fraction of sp³-hybridized carbons (Fsp3) is 0.562. The number of amidine groups is 1. The molecule has 114 valence electrons. The summed E-state index contributed by atoms with van der Waals surface area (Å²) in [5, 5.41) is 12.4. The Hall–Kier alpha value is -1.36. The van der Waals surface area contributed by atoms with Gasteiger partial charge in [0.15, 0.2) is 5.84 Å². The molecule has 0 bridgehead atoms. The van der Waals surface area contributed by atoms with Crippen molar-refractivity contribution in [3.8, 4) is 0 Å². The molecule has 0 spiro atoms. The molecule has 2 aliphatic carbocycles. The maximum absolute atomic E-state index is 9.17. The van der Waals surface area contributed by atoms with Crippen LogP contribution in [0.5, 0.6) is 0 Å². The minimum atomic E-state index is 0.225. The van der Waals surface area contributed by atoms with Crippen LogP contribution in [-0.4, -0.2) is 29.4 Å². The van der Waals surface area contributed by atoms with Gasteiger partial charge in [-0.3, -0.25) is 0 Å². The number of oxime groups is 1. The topological polar surface area (TPSA) is 61.8 Å². The lowest BCUT2D eigenvalue weighted by atomic mass is 10.1. The third kappa shape index (κ3) is 3.28. The van der Waals surface area contributed by atoms with Gasteiger partial charge in [0.1, 0.15) is 0 Å². The van der Waals surface area contributed by atoms with Gasteiger partial charge in [-0.15, -0.1) is 11.8 Å². The predicted molar refractivity (Wildman–Crippen MR) is 88.4 cm³/mol. The minimum Gasteiger partial charge on any atom is -0.409 e. The first-order chi connectivity index (χ1) is 10.2. The maximum Gasteiger partial charge on any atom is 0.173 e. The van der Waals surface area contributed by atoms with Crippen molar-refractivity contribution in [2.45, 2.75) is 43.5 Å². The normalized spacial score (nSPS) is 18.8. The molecule has 1 aromatic rings. The van der Waals surface area contributed by atoms with Crippen LogP contribution in [0.4, 0.5) is 5.69 Å². The third-order valence-electron chi connectivity index (χ3n) is 4.12. The first-order valence-electron chi connectivity index (χ1n) is 7.75. The second-order valence-electron chi connectivity index (χ2n) is 5.90. The Balaban J connectivity index is 1.99. The largest absolute Gasteiger partial charge is 0.409 e. The summed E-state index contributed by atoms with van der Waals surface area (Å²) in [5.41, 5.74) is 8.03. The molecule has 5 heteroatoms. The van der Waals surface area contributed by atoms with E-state index in [0.29, 0.717) is 6.04 Å². The van der Waals surface area contributed by atoms with Crippen LogP contribution < -0.4 is 10.6 Å². The molecule has 21 heavy (non-hydrogen) atoms. The zero-order chi connectivity index (χ0) is 14.8. The Morgan fingerprint density at radius 2 is 2.14 bits per heavy atom. The Morgan fingerprint density at radius 1 is 1.38 bits per heavy atom. The second kappa shape index (κ2) is 6.18. The van der Waals surface area contributed by atoms with Gasteiger partial charge in [0.2, 0.25) is 0 Å². The summed E-state index contributed by atoms with van der Waals surface area (Å²) in [6.45, 7) is 3.23. The summed E-state index contributed by atoms with van der Waals surface area (Å²) in [7, 11) is 0. The molecule has 0 saturated heterocycles. The molecule has 3 rings (SSSR count). The molecule has 4 nitrogen and oxygen atoms in total. The van der Waals surface area contributed by atoms with E-state index in [1.54, 1.807) is 11.8 Å². The molecule has 3 N–H and O–H groups in total. The first kappa shape index (κ1) is 14.6. The number of benzene rings is 1. The summed E-state index contributed by atoms with van der Waals surface area (Å²) >= 11 is 1.75. The molecule has 0 unspecified atom stereocenters. The highest BCUT2D eigenvalue weighted by Gasteiger charge is 2.35. The van der Waals surface area contributed by atoms with Crippen molar-refractivity contribution in [1.29, 1.82) is 0 Å². The van der Waals surface area contributed by atoms with Crippen LogP contribution in [0.1, 0.15) is 38.2 Å². The predicted octanol–water partition coefficient (Wildman–Crippen LogP) is 3.27. The molecule has 0 atom stereocenters. The van der Waals surface area contributed by atoms with Crippen LogP contribution in [-0.2, 0) is 0 Å². The standard InChI is InChI=1S/C16H23N3OS/c1-2-21-14-5-3-4-13(15(14)16(17)18-20)19(12-8-9-12)10-11-6-7-11/h3-5,11-12,20H,2,6-10H2,1H3,(H2,17,18). The van der Waals surface area contributed by atoms with Gasteiger partial charge in [-0.2, -0.15) is 0 Å². The number of hydrogen-bond donors (Lipinski definition) is 2. The van der Waals surface area contributed by atoms with Gasteiger partial charge in [0.05, 0.1) is 5.56 Å². The van der Waals surface area contributed by atoms with Gasteiger partial charge in [-0.1, -0.05) is 18.1 Å². The summed E-state index contributed by atoms with van der Waals surface area (Å²) in [5.74, 6) is 2.03. The minimum absolute atomic E-state index is 0.225. The zero-order valence-electron chi connectivity index (χ0n) is 12.5. The van der Waals surface area contributed by atoms with E-state index in [2.05, 4.69) is 35.2 Å². The molecule has 2 aliphatic rings. The zero-order valence-corrected chi connectivity index (χ0v) is 13.3. The summed E-state index contributed by atoms with van der Waals surface area (Å²) in [6.07, 6.45) is 5.19. The van der Waals surface area contributed by atoms with Gasteiger partial charge in [0.25, 0.3) is 0 Å². The van der Waals surface area contributed by atoms with E-state index in [9.17, 15) is 5.21 Å². The van der Waals surface area contributed by atoms with E-state index in [4.69, 9.17) is 5.73 Å². The van der Waals surface area contributed by atoms with E-state index < -0.39 is 0 Å². The summed E-state index contributed by atoms with van der Waals surface area (Å²) in [6, 6.07) is 6.91. The van der Waals surface area contributed by atoms with E-state index in [0.717, 1.165) is 34.4 Å². The van der Waals surface area contributed by atoms with Crippen molar-refractivity contribution in [2.75, 3.05) is 17.2 Å². The van der Waals surface area contributed by atoms with Crippen molar-refractivity contribution in [3.05, 3.63) is 23.8 Å². The van der Waals surface area contributed by atoms with E-state index in [1.807, 2.05) is 0 Å². The molecule has 0 amide bonds. The van der Waals surface area contributed by atoms with Crippen molar-refractivity contribution in [1.82, 2.24) is 0 Å². The lowest BCUT2D eigenvalue weighted by molar-refractivity contribution is 0.318. The average Bonchev–Trinajstić information content (AvgIpc) is 3.37. The maximum atomic E-state index is 9.17. The summed E-state index contributed by atoms with van der Waals surface area (Å²) < 4.78 is 0. The molecule has 1 aromatic carbocycles. The van der Waals surface area contributed by atoms with E-state index in [1.165, 1.54) is 25.7 Å². The quantitative estimate of drug-likeness (QED) is 0.267. The molecule has 0 heterocycles. The van der Waals surface area contributed by atoms with Crippen LogP contribution in [0.3, 0.4) is 0 Å². The monoisotopic (exact) mass is 305 g/mol. The lowest BCUT2D eigenvalue weighted by Gasteiger charge is -2.28. The molecule has 2 fully saturated rings. The van der Waals surface area contributed by atoms with Gasteiger partial charge in [-0.05, 0) is 49.5 Å². The molecule has 0 radical (unpaired) electrons. The molecule has 2 saturated carbocycles. The number of hydrogen-bond acceptors (Lipinski definition) is 4. The van der Waals surface area contributed by atoms with Gasteiger partial charge in [-0.25, -0.2) is 0 Å². The van der Waals surface area contributed by atoms with Gasteiger partial charge in [0, 0.05) is 23.2 Å². The Kier molecular flexibility index (Phi) is 4.29. The van der Waals surface area contributed by atoms with E-state index >= 15 is 0 Å². The van der Waals surface area contributed by atoms with Crippen LogP contribution in [0.25, 0.3) is 0 Å².